The van der Waals surface area contributed by atoms with Gasteiger partial charge in [0.2, 0.25) is 5.91 Å². The smallest absolute Gasteiger partial charge is 0.269 e. The van der Waals surface area contributed by atoms with E-state index in [1.165, 1.54) is 0 Å². The van der Waals surface area contributed by atoms with Crippen molar-refractivity contribution in [3.05, 3.63) is 63.7 Å². The van der Waals surface area contributed by atoms with Crippen molar-refractivity contribution in [2.45, 2.75) is 33.6 Å². The molecule has 0 aliphatic heterocycles. The largest absolute Gasteiger partial charge is 0.493 e. The molecular formula is C20H23ClN2O3. The molecule has 0 aliphatic carbocycles. The Balaban J connectivity index is 1.71. The van der Waals surface area contributed by atoms with Crippen LogP contribution < -0.4 is 15.6 Å². The van der Waals surface area contributed by atoms with Crippen molar-refractivity contribution in [1.82, 2.24) is 10.9 Å². The maximum Gasteiger partial charge on any atom is 0.269 e. The summed E-state index contributed by atoms with van der Waals surface area (Å²) in [6.07, 6.45) is 0.785. The van der Waals surface area contributed by atoms with Gasteiger partial charge in [-0.05, 0) is 62.6 Å². The monoisotopic (exact) mass is 374 g/mol. The fourth-order valence-corrected chi connectivity index (χ4v) is 2.74. The van der Waals surface area contributed by atoms with Gasteiger partial charge in [0, 0.05) is 17.0 Å². The van der Waals surface area contributed by atoms with E-state index < -0.39 is 0 Å². The Morgan fingerprint density at radius 1 is 1.00 bits per heavy atom. The number of benzene rings is 2. The van der Waals surface area contributed by atoms with Crippen LogP contribution in [0.2, 0.25) is 5.02 Å². The number of hydrazine groups is 1. The Hall–Kier alpha value is -2.53. The molecule has 5 nitrogen and oxygen atoms in total. The van der Waals surface area contributed by atoms with Crippen LogP contribution in [0.5, 0.6) is 5.75 Å². The highest BCUT2D eigenvalue weighted by Gasteiger charge is 2.10. The highest BCUT2D eigenvalue weighted by atomic mass is 35.5. The molecule has 0 atom stereocenters. The van der Waals surface area contributed by atoms with E-state index in [2.05, 4.69) is 10.9 Å². The van der Waals surface area contributed by atoms with Crippen LogP contribution in [0.25, 0.3) is 0 Å². The molecule has 2 aromatic rings. The van der Waals surface area contributed by atoms with E-state index in [1.54, 1.807) is 12.1 Å². The van der Waals surface area contributed by atoms with Gasteiger partial charge < -0.3 is 4.74 Å². The predicted octanol–water partition coefficient (Wildman–Crippen LogP) is 3.89. The first-order valence-corrected chi connectivity index (χ1v) is 8.80. The third-order valence-electron chi connectivity index (χ3n) is 3.88. The lowest BCUT2D eigenvalue weighted by molar-refractivity contribution is -0.122. The molecule has 0 unspecified atom stereocenters. The van der Waals surface area contributed by atoms with Gasteiger partial charge in [0.15, 0.2) is 0 Å². The minimum absolute atomic E-state index is 0.250. The van der Waals surface area contributed by atoms with Gasteiger partial charge in [-0.2, -0.15) is 0 Å². The SMILES string of the molecule is Cc1ccc(C(=O)NNC(=O)CCCOc2ccc(Cl)cc2C)c(C)c1. The fraction of sp³-hybridized carbons (Fsp3) is 0.300. The van der Waals surface area contributed by atoms with Crippen molar-refractivity contribution in [2.75, 3.05) is 6.61 Å². The maximum absolute atomic E-state index is 12.1. The van der Waals surface area contributed by atoms with Crippen molar-refractivity contribution >= 4 is 23.4 Å². The van der Waals surface area contributed by atoms with Crippen molar-refractivity contribution in [3.63, 3.8) is 0 Å². The van der Waals surface area contributed by atoms with Crippen LogP contribution >= 0.6 is 11.6 Å². The number of amides is 2. The van der Waals surface area contributed by atoms with Gasteiger partial charge >= 0.3 is 0 Å². The molecule has 2 N–H and O–H groups in total. The maximum atomic E-state index is 12.1. The summed E-state index contributed by atoms with van der Waals surface area (Å²) in [5.41, 5.74) is 8.30. The molecular weight excluding hydrogens is 352 g/mol. The fourth-order valence-electron chi connectivity index (χ4n) is 2.51. The third-order valence-corrected chi connectivity index (χ3v) is 4.12. The Morgan fingerprint density at radius 2 is 1.77 bits per heavy atom. The van der Waals surface area contributed by atoms with E-state index in [0.29, 0.717) is 23.6 Å². The molecule has 0 aliphatic rings. The number of carbonyl (C=O) groups is 2. The molecule has 6 heteroatoms. The van der Waals surface area contributed by atoms with Crippen LogP contribution in [0, 0.1) is 20.8 Å². The summed E-state index contributed by atoms with van der Waals surface area (Å²) >= 11 is 5.90. The van der Waals surface area contributed by atoms with Crippen LogP contribution in [0.4, 0.5) is 0 Å². The van der Waals surface area contributed by atoms with Crippen molar-refractivity contribution in [1.29, 1.82) is 0 Å². The van der Waals surface area contributed by atoms with Crippen LogP contribution in [0.15, 0.2) is 36.4 Å². The summed E-state index contributed by atoms with van der Waals surface area (Å²) in [4.78, 5) is 23.9. The molecule has 0 heterocycles. The first-order valence-electron chi connectivity index (χ1n) is 8.42. The van der Waals surface area contributed by atoms with E-state index in [4.69, 9.17) is 16.3 Å². The Labute approximate surface area is 158 Å². The second kappa shape index (κ2) is 9.25. The minimum Gasteiger partial charge on any atom is -0.493 e. The molecule has 0 bridgehead atoms. The predicted molar refractivity (Wildman–Crippen MR) is 102 cm³/mol. The zero-order valence-electron chi connectivity index (χ0n) is 15.2. The molecule has 0 spiro atoms. The van der Waals surface area contributed by atoms with Gasteiger partial charge in [-0.15, -0.1) is 0 Å². The summed E-state index contributed by atoms with van der Waals surface area (Å²) < 4.78 is 5.64. The number of ether oxygens (including phenoxy) is 1. The quantitative estimate of drug-likeness (QED) is 0.595. The number of carbonyl (C=O) groups excluding carboxylic acids is 2. The first kappa shape index (κ1) is 19.8. The first-order chi connectivity index (χ1) is 12.4. The number of nitrogens with one attached hydrogen (secondary N) is 2. The number of hydrogen-bond donors (Lipinski definition) is 2. The summed E-state index contributed by atoms with van der Waals surface area (Å²) in [5.74, 6) is 0.154. The standard InChI is InChI=1S/C20H23ClN2O3/c1-13-6-8-17(14(2)11-13)20(25)23-22-19(24)5-4-10-26-18-9-7-16(21)12-15(18)3/h6-9,11-12H,4-5,10H2,1-3H3,(H,22,24)(H,23,25). The van der Waals surface area contributed by atoms with E-state index >= 15 is 0 Å². The van der Waals surface area contributed by atoms with Crippen molar-refractivity contribution in [2.24, 2.45) is 0 Å². The van der Waals surface area contributed by atoms with E-state index in [-0.39, 0.29) is 18.2 Å². The number of aryl methyl sites for hydroxylation is 3. The third kappa shape index (κ3) is 5.77. The number of rotatable bonds is 6. The highest BCUT2D eigenvalue weighted by Crippen LogP contribution is 2.21. The molecule has 2 amide bonds. The van der Waals surface area contributed by atoms with Gasteiger partial charge in [-0.1, -0.05) is 29.3 Å². The number of hydrogen-bond acceptors (Lipinski definition) is 3. The van der Waals surface area contributed by atoms with Crippen LogP contribution in [-0.2, 0) is 4.79 Å². The Kier molecular flexibility index (Phi) is 7.04. The normalized spacial score (nSPS) is 10.3. The van der Waals surface area contributed by atoms with Crippen LogP contribution in [0.3, 0.4) is 0 Å². The van der Waals surface area contributed by atoms with Crippen molar-refractivity contribution < 1.29 is 14.3 Å². The van der Waals surface area contributed by atoms with E-state index in [0.717, 1.165) is 22.4 Å². The summed E-state index contributed by atoms with van der Waals surface area (Å²) in [6, 6.07) is 10.9. The van der Waals surface area contributed by atoms with Crippen LogP contribution in [-0.4, -0.2) is 18.4 Å². The van der Waals surface area contributed by atoms with Gasteiger partial charge in [-0.3, -0.25) is 20.4 Å². The van der Waals surface area contributed by atoms with Crippen molar-refractivity contribution in [3.8, 4) is 5.75 Å². The molecule has 2 aromatic carbocycles. The average molecular weight is 375 g/mol. The zero-order valence-corrected chi connectivity index (χ0v) is 15.9. The molecule has 138 valence electrons. The summed E-state index contributed by atoms with van der Waals surface area (Å²) in [6.45, 7) is 6.14. The summed E-state index contributed by atoms with van der Waals surface area (Å²) in [7, 11) is 0. The number of halogens is 1. The molecule has 2 rings (SSSR count). The molecule has 0 aromatic heterocycles. The lowest BCUT2D eigenvalue weighted by Gasteiger charge is -2.11. The van der Waals surface area contributed by atoms with Gasteiger partial charge in [-0.25, -0.2) is 0 Å². The van der Waals surface area contributed by atoms with Crippen LogP contribution in [0.1, 0.15) is 39.9 Å². The topological polar surface area (TPSA) is 67.4 Å². The molecule has 26 heavy (non-hydrogen) atoms. The highest BCUT2D eigenvalue weighted by molar-refractivity contribution is 6.30. The lowest BCUT2D eigenvalue weighted by Crippen LogP contribution is -2.41. The molecule has 0 radical (unpaired) electrons. The van der Waals surface area contributed by atoms with E-state index in [9.17, 15) is 9.59 Å². The zero-order chi connectivity index (χ0) is 19.1. The Bertz CT molecular complexity index is 806. The van der Waals surface area contributed by atoms with Gasteiger partial charge in [0.25, 0.3) is 5.91 Å². The second-order valence-electron chi connectivity index (χ2n) is 6.18. The van der Waals surface area contributed by atoms with E-state index in [1.807, 2.05) is 45.0 Å². The second-order valence-corrected chi connectivity index (χ2v) is 6.62. The molecule has 0 saturated heterocycles. The lowest BCUT2D eigenvalue weighted by atomic mass is 10.1. The Morgan fingerprint density at radius 3 is 2.46 bits per heavy atom. The molecule has 0 fully saturated rings. The van der Waals surface area contributed by atoms with Gasteiger partial charge in [0.1, 0.15) is 5.75 Å². The van der Waals surface area contributed by atoms with Gasteiger partial charge in [0.05, 0.1) is 6.61 Å². The summed E-state index contributed by atoms with van der Waals surface area (Å²) in [5, 5.41) is 0.661. The molecule has 0 saturated carbocycles. The average Bonchev–Trinajstić information content (AvgIpc) is 2.58. The minimum atomic E-state index is -0.330.